The number of carbonyl (C=O) groups is 2. The van der Waals surface area contributed by atoms with Gasteiger partial charge in [0.25, 0.3) is 0 Å². The van der Waals surface area contributed by atoms with E-state index in [-0.39, 0.29) is 11.7 Å². The van der Waals surface area contributed by atoms with Crippen molar-refractivity contribution in [3.8, 4) is 0 Å². The van der Waals surface area contributed by atoms with Crippen LogP contribution < -0.4 is 5.32 Å². The van der Waals surface area contributed by atoms with Gasteiger partial charge in [-0.3, -0.25) is 14.5 Å². The van der Waals surface area contributed by atoms with Crippen molar-refractivity contribution in [2.45, 2.75) is 13.3 Å². The fraction of sp³-hybridized carbons (Fsp3) is 0.750. The molecular weight excluding hydrogens is 156 g/mol. The summed E-state index contributed by atoms with van der Waals surface area (Å²) in [4.78, 5) is 23.7. The largest absolute Gasteiger partial charge is 0.355 e. The van der Waals surface area contributed by atoms with E-state index in [1.165, 1.54) is 0 Å². The lowest BCUT2D eigenvalue weighted by molar-refractivity contribution is -0.122. The van der Waals surface area contributed by atoms with Crippen molar-refractivity contribution in [1.29, 1.82) is 0 Å². The minimum atomic E-state index is 0.00667. The van der Waals surface area contributed by atoms with Crippen LogP contribution in [0.15, 0.2) is 0 Å². The molecule has 0 aromatic rings. The number of likely N-dealkylation sites (N-methyl/N-ethyl adjacent to an activating group) is 1. The molecule has 1 N–H and O–H groups in total. The topological polar surface area (TPSA) is 49.4 Å². The minimum Gasteiger partial charge on any atom is -0.355 e. The van der Waals surface area contributed by atoms with Gasteiger partial charge in [-0.25, -0.2) is 0 Å². The van der Waals surface area contributed by atoms with Gasteiger partial charge in [-0.2, -0.15) is 0 Å². The summed E-state index contributed by atoms with van der Waals surface area (Å²) in [5.41, 5.74) is 0. The molecule has 0 aromatic heterocycles. The Balaban J connectivity index is 2.23. The Kier molecular flexibility index (Phi) is 3.22. The first-order valence-electron chi connectivity index (χ1n) is 4.23. The molecule has 1 rings (SSSR count). The Morgan fingerprint density at radius 1 is 1.67 bits per heavy atom. The number of hydrogen-bond donors (Lipinski definition) is 1. The van der Waals surface area contributed by atoms with Gasteiger partial charge in [-0.1, -0.05) is 0 Å². The maximum absolute atomic E-state index is 11.0. The van der Waals surface area contributed by atoms with Crippen molar-refractivity contribution >= 4 is 11.7 Å². The van der Waals surface area contributed by atoms with Crippen molar-refractivity contribution in [2.75, 3.05) is 26.2 Å². The Morgan fingerprint density at radius 2 is 2.42 bits per heavy atom. The van der Waals surface area contributed by atoms with Crippen LogP contribution in [0.2, 0.25) is 0 Å². The number of Topliss-reactive ketones (excluding diaryl/α,β-unsaturated/α-hetero) is 1. The highest BCUT2D eigenvalue weighted by Gasteiger charge is 2.20. The fourth-order valence-corrected chi connectivity index (χ4v) is 1.28. The van der Waals surface area contributed by atoms with Gasteiger partial charge < -0.3 is 5.32 Å². The summed E-state index contributed by atoms with van der Waals surface area (Å²) in [6.45, 7) is 4.07. The van der Waals surface area contributed by atoms with Crippen molar-refractivity contribution in [3.63, 3.8) is 0 Å². The van der Waals surface area contributed by atoms with E-state index >= 15 is 0 Å². The average Bonchev–Trinajstić information content (AvgIpc) is 2.36. The lowest BCUT2D eigenvalue weighted by Gasteiger charge is -2.11. The molecule has 4 heteroatoms. The van der Waals surface area contributed by atoms with Crippen LogP contribution in [0.3, 0.4) is 0 Å². The maximum Gasteiger partial charge on any atom is 0.234 e. The molecule has 0 unspecified atom stereocenters. The first-order valence-corrected chi connectivity index (χ1v) is 4.23. The van der Waals surface area contributed by atoms with E-state index in [2.05, 4.69) is 5.32 Å². The molecule has 4 nitrogen and oxygen atoms in total. The van der Waals surface area contributed by atoms with Crippen LogP contribution in [0.5, 0.6) is 0 Å². The summed E-state index contributed by atoms with van der Waals surface area (Å²) in [6, 6.07) is 0. The van der Waals surface area contributed by atoms with Crippen molar-refractivity contribution < 1.29 is 9.59 Å². The molecule has 0 saturated carbocycles. The van der Waals surface area contributed by atoms with Gasteiger partial charge in [0.15, 0.2) is 0 Å². The van der Waals surface area contributed by atoms with Gasteiger partial charge in [0.1, 0.15) is 5.78 Å². The van der Waals surface area contributed by atoms with Gasteiger partial charge in [0.05, 0.1) is 13.1 Å². The molecule has 1 heterocycles. The second-order valence-corrected chi connectivity index (χ2v) is 2.95. The molecule has 1 amide bonds. The first kappa shape index (κ1) is 9.19. The Morgan fingerprint density at radius 3 is 2.92 bits per heavy atom. The number of rotatable bonds is 3. The molecule has 0 atom stereocenters. The first-order chi connectivity index (χ1) is 5.72. The number of likely N-dealkylation sites (tertiary alicyclic amines) is 1. The number of hydrogen-bond acceptors (Lipinski definition) is 3. The normalized spacial score (nSPS) is 18.2. The van der Waals surface area contributed by atoms with Crippen LogP contribution in [0, 0.1) is 0 Å². The molecule has 0 aliphatic carbocycles. The summed E-state index contributed by atoms with van der Waals surface area (Å²) < 4.78 is 0. The molecule has 0 bridgehead atoms. The van der Waals surface area contributed by atoms with E-state index in [1.807, 2.05) is 11.8 Å². The number of nitrogens with zero attached hydrogens (tertiary/aromatic N) is 1. The monoisotopic (exact) mass is 170 g/mol. The number of carbonyl (C=O) groups excluding carboxylic acids is 2. The third-order valence-electron chi connectivity index (χ3n) is 1.85. The Bertz CT molecular complexity index is 191. The summed E-state index contributed by atoms with van der Waals surface area (Å²) in [7, 11) is 0. The number of ketones is 1. The third-order valence-corrected chi connectivity index (χ3v) is 1.85. The molecule has 1 saturated heterocycles. The van der Waals surface area contributed by atoms with Crippen LogP contribution in [0.25, 0.3) is 0 Å². The quantitative estimate of drug-likeness (QED) is 0.615. The van der Waals surface area contributed by atoms with Gasteiger partial charge in [-0.15, -0.1) is 0 Å². The lowest BCUT2D eigenvalue weighted by Crippen LogP contribution is -2.35. The smallest absolute Gasteiger partial charge is 0.234 e. The van der Waals surface area contributed by atoms with E-state index in [4.69, 9.17) is 0 Å². The summed E-state index contributed by atoms with van der Waals surface area (Å²) in [6.07, 6.45) is 0.597. The Labute approximate surface area is 71.9 Å². The fourth-order valence-electron chi connectivity index (χ4n) is 1.28. The second kappa shape index (κ2) is 4.21. The van der Waals surface area contributed by atoms with E-state index < -0.39 is 0 Å². The molecule has 0 radical (unpaired) electrons. The van der Waals surface area contributed by atoms with E-state index in [9.17, 15) is 9.59 Å². The third kappa shape index (κ3) is 2.62. The molecule has 1 aliphatic rings. The highest BCUT2D eigenvalue weighted by Crippen LogP contribution is 2.02. The zero-order valence-electron chi connectivity index (χ0n) is 7.30. The van der Waals surface area contributed by atoms with Crippen LogP contribution in [-0.4, -0.2) is 42.8 Å². The standard InChI is InChI=1S/C8H14N2O2/c1-2-9-8(12)6-10-4-3-7(11)5-10/h2-6H2,1H3,(H,9,12). The van der Waals surface area contributed by atoms with Gasteiger partial charge >= 0.3 is 0 Å². The highest BCUT2D eigenvalue weighted by atomic mass is 16.2. The minimum absolute atomic E-state index is 0.00667. The van der Waals surface area contributed by atoms with Crippen LogP contribution in [0.1, 0.15) is 13.3 Å². The van der Waals surface area contributed by atoms with Crippen molar-refractivity contribution in [1.82, 2.24) is 10.2 Å². The average molecular weight is 170 g/mol. The Hall–Kier alpha value is -0.900. The molecule has 1 fully saturated rings. The highest BCUT2D eigenvalue weighted by molar-refractivity contribution is 5.84. The summed E-state index contributed by atoms with van der Waals surface area (Å²) in [5.74, 6) is 0.242. The zero-order valence-corrected chi connectivity index (χ0v) is 7.30. The van der Waals surface area contributed by atoms with Crippen LogP contribution in [0.4, 0.5) is 0 Å². The van der Waals surface area contributed by atoms with E-state index in [1.54, 1.807) is 0 Å². The van der Waals surface area contributed by atoms with E-state index in [0.29, 0.717) is 26.1 Å². The van der Waals surface area contributed by atoms with Gasteiger partial charge in [0, 0.05) is 19.5 Å². The molecular formula is C8H14N2O2. The second-order valence-electron chi connectivity index (χ2n) is 2.95. The van der Waals surface area contributed by atoms with Crippen LogP contribution in [-0.2, 0) is 9.59 Å². The molecule has 1 aliphatic heterocycles. The molecule has 0 aromatic carbocycles. The van der Waals surface area contributed by atoms with E-state index in [0.717, 1.165) is 6.54 Å². The lowest BCUT2D eigenvalue weighted by atomic mass is 10.4. The van der Waals surface area contributed by atoms with Crippen molar-refractivity contribution in [3.05, 3.63) is 0 Å². The summed E-state index contributed by atoms with van der Waals surface area (Å²) >= 11 is 0. The predicted molar refractivity (Wildman–Crippen MR) is 44.7 cm³/mol. The number of amides is 1. The molecule has 12 heavy (non-hydrogen) atoms. The zero-order chi connectivity index (χ0) is 8.97. The molecule has 68 valence electrons. The van der Waals surface area contributed by atoms with Crippen molar-refractivity contribution in [2.24, 2.45) is 0 Å². The SMILES string of the molecule is CCNC(=O)CN1CCC(=O)C1. The maximum atomic E-state index is 11.0. The van der Waals surface area contributed by atoms with Crippen LogP contribution >= 0.6 is 0 Å². The molecule has 0 spiro atoms. The number of nitrogens with one attached hydrogen (secondary N) is 1. The van der Waals surface area contributed by atoms with Gasteiger partial charge in [-0.05, 0) is 6.92 Å². The summed E-state index contributed by atoms with van der Waals surface area (Å²) in [5, 5.41) is 2.70. The van der Waals surface area contributed by atoms with Gasteiger partial charge in [0.2, 0.25) is 5.91 Å². The predicted octanol–water partition coefficient (Wildman–Crippen LogP) is -0.603.